The average molecular weight is 293 g/mol. The second kappa shape index (κ2) is 6.00. The maximum Gasteiger partial charge on any atom is 0.341 e. The summed E-state index contributed by atoms with van der Waals surface area (Å²) in [5, 5.41) is 0.325. The van der Waals surface area contributed by atoms with E-state index in [9.17, 15) is 14.4 Å². The Morgan fingerprint density at radius 1 is 1.40 bits per heavy atom. The van der Waals surface area contributed by atoms with Gasteiger partial charge in [0.1, 0.15) is 5.00 Å². The molecule has 0 bridgehead atoms. The van der Waals surface area contributed by atoms with Crippen LogP contribution in [0.3, 0.4) is 0 Å². The first kappa shape index (κ1) is 14.5. The molecule has 0 atom stereocenters. The quantitative estimate of drug-likeness (QED) is 0.524. The number of nitrogens with two attached hydrogens (primary N) is 1. The molecule has 106 valence electrons. The van der Waals surface area contributed by atoms with E-state index in [1.54, 1.807) is 13.0 Å². The molecule has 2 rings (SSSR count). The van der Waals surface area contributed by atoms with Crippen molar-refractivity contribution < 1.29 is 19.1 Å². The molecule has 1 saturated carbocycles. The fraction of sp³-hybridized carbons (Fsp3) is 0.357. The van der Waals surface area contributed by atoms with E-state index in [2.05, 4.69) is 0 Å². The molecule has 1 heterocycles. The smallest absolute Gasteiger partial charge is 0.341 e. The molecule has 1 aromatic heterocycles. The van der Waals surface area contributed by atoms with Crippen molar-refractivity contribution >= 4 is 39.9 Å². The summed E-state index contributed by atoms with van der Waals surface area (Å²) in [6.07, 6.45) is 2.91. The lowest BCUT2D eigenvalue weighted by molar-refractivity contribution is -0.123. The number of Topliss-reactive ketones (excluding diaryl/α,β-unsaturated/α-hetero) is 2. The number of allylic oxidation sites excluding steroid dienone is 1. The van der Waals surface area contributed by atoms with Crippen LogP contribution in [0.1, 0.15) is 41.4 Å². The van der Waals surface area contributed by atoms with E-state index in [0.717, 1.165) is 11.3 Å². The van der Waals surface area contributed by atoms with Crippen molar-refractivity contribution in [1.82, 2.24) is 0 Å². The Balaban J connectivity index is 2.30. The third-order valence-corrected chi connectivity index (χ3v) is 3.88. The lowest BCUT2D eigenvalue weighted by Gasteiger charge is -2.10. The van der Waals surface area contributed by atoms with Crippen LogP contribution in [-0.4, -0.2) is 24.1 Å². The molecule has 0 radical (unpaired) electrons. The predicted octanol–water partition coefficient (Wildman–Crippen LogP) is 2.21. The summed E-state index contributed by atoms with van der Waals surface area (Å²) in [7, 11) is 0. The molecule has 0 unspecified atom stereocenters. The fourth-order valence-electron chi connectivity index (χ4n) is 2.00. The van der Waals surface area contributed by atoms with E-state index in [1.807, 2.05) is 0 Å². The van der Waals surface area contributed by atoms with E-state index in [0.29, 0.717) is 29.1 Å². The zero-order chi connectivity index (χ0) is 14.7. The van der Waals surface area contributed by atoms with Gasteiger partial charge in [0.05, 0.1) is 17.7 Å². The molecule has 2 N–H and O–H groups in total. The number of rotatable bonds is 3. The van der Waals surface area contributed by atoms with Gasteiger partial charge in [-0.25, -0.2) is 4.79 Å². The maximum atomic E-state index is 11.7. The number of anilines is 1. The summed E-state index contributed by atoms with van der Waals surface area (Å²) in [6, 6.07) is 1.56. The van der Waals surface area contributed by atoms with Gasteiger partial charge < -0.3 is 10.5 Å². The summed E-state index contributed by atoms with van der Waals surface area (Å²) in [5.41, 5.74) is 6.24. The molecule has 5 nitrogen and oxygen atoms in total. The third kappa shape index (κ3) is 2.96. The number of thiophene rings is 1. The summed E-state index contributed by atoms with van der Waals surface area (Å²) in [5.74, 6) is -0.788. The van der Waals surface area contributed by atoms with E-state index >= 15 is 0 Å². The summed E-state index contributed by atoms with van der Waals surface area (Å²) >= 11 is 1.16. The van der Waals surface area contributed by atoms with Crippen LogP contribution in [0.2, 0.25) is 0 Å². The van der Waals surface area contributed by atoms with Crippen LogP contribution in [-0.2, 0) is 14.3 Å². The number of hydrogen-bond donors (Lipinski definition) is 1. The predicted molar refractivity (Wildman–Crippen MR) is 76.5 cm³/mol. The van der Waals surface area contributed by atoms with Crippen molar-refractivity contribution in [2.45, 2.75) is 26.2 Å². The number of ketones is 2. The van der Waals surface area contributed by atoms with Crippen LogP contribution in [0, 0.1) is 0 Å². The van der Waals surface area contributed by atoms with Crippen molar-refractivity contribution in [3.8, 4) is 0 Å². The van der Waals surface area contributed by atoms with Gasteiger partial charge in [-0.2, -0.15) is 0 Å². The number of ether oxygens (including phenoxy) is 1. The molecule has 1 aliphatic rings. The summed E-state index contributed by atoms with van der Waals surface area (Å²) in [4.78, 5) is 35.7. The third-order valence-electron chi connectivity index (χ3n) is 2.97. The molecule has 1 fully saturated rings. The van der Waals surface area contributed by atoms with Crippen molar-refractivity contribution in [3.05, 3.63) is 22.1 Å². The van der Waals surface area contributed by atoms with Crippen molar-refractivity contribution in [2.75, 3.05) is 12.3 Å². The molecule has 0 saturated heterocycles. The second-order valence-electron chi connectivity index (χ2n) is 4.41. The maximum absolute atomic E-state index is 11.7. The Morgan fingerprint density at radius 3 is 2.65 bits per heavy atom. The van der Waals surface area contributed by atoms with Gasteiger partial charge in [0, 0.05) is 17.7 Å². The van der Waals surface area contributed by atoms with Gasteiger partial charge in [-0.3, -0.25) is 9.59 Å². The zero-order valence-electron chi connectivity index (χ0n) is 11.1. The van der Waals surface area contributed by atoms with Crippen LogP contribution >= 0.6 is 11.3 Å². The van der Waals surface area contributed by atoms with Crippen LogP contribution in [0.25, 0.3) is 6.08 Å². The number of nitrogen functional groups attached to an aromatic ring is 1. The molecular weight excluding hydrogens is 278 g/mol. The molecule has 20 heavy (non-hydrogen) atoms. The van der Waals surface area contributed by atoms with Gasteiger partial charge in [-0.05, 0) is 25.5 Å². The summed E-state index contributed by atoms with van der Waals surface area (Å²) in [6.45, 7) is 1.98. The highest BCUT2D eigenvalue weighted by Crippen LogP contribution is 2.29. The largest absolute Gasteiger partial charge is 0.462 e. The van der Waals surface area contributed by atoms with Gasteiger partial charge in [0.25, 0.3) is 0 Å². The molecular formula is C14H15NO4S. The normalized spacial score (nSPS) is 15.3. The number of esters is 1. The zero-order valence-corrected chi connectivity index (χ0v) is 11.9. The van der Waals surface area contributed by atoms with E-state index in [-0.39, 0.29) is 29.3 Å². The minimum atomic E-state index is -0.493. The Morgan fingerprint density at radius 2 is 2.05 bits per heavy atom. The fourth-order valence-corrected chi connectivity index (χ4v) is 2.86. The van der Waals surface area contributed by atoms with Crippen LogP contribution in [0.5, 0.6) is 0 Å². The Hall–Kier alpha value is -1.95. The number of hydrogen-bond acceptors (Lipinski definition) is 6. The number of carbonyl (C=O) groups excluding carboxylic acids is 3. The molecule has 1 aliphatic carbocycles. The van der Waals surface area contributed by atoms with Gasteiger partial charge in [0.2, 0.25) is 0 Å². The van der Waals surface area contributed by atoms with Gasteiger partial charge in [0.15, 0.2) is 11.6 Å². The number of carbonyl (C=O) groups is 3. The topological polar surface area (TPSA) is 86.5 Å². The average Bonchev–Trinajstić information content (AvgIpc) is 2.75. The second-order valence-corrected chi connectivity index (χ2v) is 5.52. The molecule has 0 amide bonds. The summed E-state index contributed by atoms with van der Waals surface area (Å²) < 4.78 is 4.89. The molecule has 0 aliphatic heterocycles. The first-order valence-corrected chi connectivity index (χ1v) is 7.19. The van der Waals surface area contributed by atoms with E-state index in [1.165, 1.54) is 6.08 Å². The lowest BCUT2D eigenvalue weighted by Crippen LogP contribution is -2.18. The Kier molecular flexibility index (Phi) is 4.34. The van der Waals surface area contributed by atoms with Crippen molar-refractivity contribution in [3.63, 3.8) is 0 Å². The van der Waals surface area contributed by atoms with Crippen LogP contribution in [0.4, 0.5) is 5.00 Å². The molecule has 0 aromatic carbocycles. The van der Waals surface area contributed by atoms with E-state index < -0.39 is 5.97 Å². The molecule has 1 aromatic rings. The van der Waals surface area contributed by atoms with Crippen LogP contribution < -0.4 is 5.73 Å². The highest BCUT2D eigenvalue weighted by molar-refractivity contribution is 7.17. The SMILES string of the molecule is CCOC(=O)c1cc(C=C2C(=O)CCCC2=O)sc1N. The highest BCUT2D eigenvalue weighted by Gasteiger charge is 2.23. The highest BCUT2D eigenvalue weighted by atomic mass is 32.1. The first-order valence-electron chi connectivity index (χ1n) is 6.37. The van der Waals surface area contributed by atoms with Gasteiger partial charge in [-0.15, -0.1) is 11.3 Å². The Bertz CT molecular complexity index is 582. The van der Waals surface area contributed by atoms with E-state index in [4.69, 9.17) is 10.5 Å². The minimum absolute atomic E-state index is 0.147. The van der Waals surface area contributed by atoms with Gasteiger partial charge in [-0.1, -0.05) is 0 Å². The van der Waals surface area contributed by atoms with Crippen LogP contribution in [0.15, 0.2) is 11.6 Å². The lowest BCUT2D eigenvalue weighted by atomic mass is 9.92. The minimum Gasteiger partial charge on any atom is -0.462 e. The van der Waals surface area contributed by atoms with Crippen molar-refractivity contribution in [2.24, 2.45) is 0 Å². The molecule has 0 spiro atoms. The standard InChI is InChI=1S/C14H15NO4S/c1-2-19-14(18)10-7-8(20-13(10)15)6-9-11(16)4-3-5-12(9)17/h6-7H,2-5,15H2,1H3. The van der Waals surface area contributed by atoms with Gasteiger partial charge >= 0.3 is 5.97 Å². The monoisotopic (exact) mass is 293 g/mol. The first-order chi connectivity index (χ1) is 9.52. The Labute approximate surface area is 120 Å². The van der Waals surface area contributed by atoms with Crippen molar-refractivity contribution in [1.29, 1.82) is 0 Å². The molecule has 6 heteroatoms.